The number of rotatable bonds is 6. The van der Waals surface area contributed by atoms with Crippen LogP contribution in [0.15, 0.2) is 12.2 Å². The van der Waals surface area contributed by atoms with Gasteiger partial charge in [-0.25, -0.2) is 0 Å². The molecule has 1 atom stereocenters. The van der Waals surface area contributed by atoms with E-state index in [4.69, 9.17) is 10.5 Å². The first-order valence-electron chi connectivity index (χ1n) is 6.14. The summed E-state index contributed by atoms with van der Waals surface area (Å²) >= 11 is 0. The van der Waals surface area contributed by atoms with Crippen molar-refractivity contribution >= 4 is 17.8 Å². The van der Waals surface area contributed by atoms with E-state index < -0.39 is 29.5 Å². The molecule has 0 spiro atoms. The van der Waals surface area contributed by atoms with Gasteiger partial charge in [-0.2, -0.15) is 0 Å². The van der Waals surface area contributed by atoms with Crippen LogP contribution in [-0.4, -0.2) is 43.1 Å². The maximum Gasteiger partial charge on any atom is 0.325 e. The van der Waals surface area contributed by atoms with E-state index in [2.05, 4.69) is 10.1 Å². The minimum absolute atomic E-state index is 0.0297. The van der Waals surface area contributed by atoms with Gasteiger partial charge in [0.1, 0.15) is 12.1 Å². The third-order valence-electron chi connectivity index (χ3n) is 1.95. The summed E-state index contributed by atoms with van der Waals surface area (Å²) in [5.74, 6) is -1.48. The smallest absolute Gasteiger partial charge is 0.325 e. The molecule has 7 heteroatoms. The molecule has 0 aromatic heterocycles. The Morgan fingerprint density at radius 3 is 2.35 bits per heavy atom. The molecule has 0 heterocycles. The van der Waals surface area contributed by atoms with E-state index in [0.29, 0.717) is 0 Å². The molecule has 0 aromatic carbocycles. The molecule has 0 aliphatic heterocycles. The van der Waals surface area contributed by atoms with Gasteiger partial charge in [0.15, 0.2) is 0 Å². The molecule has 0 aliphatic carbocycles. The van der Waals surface area contributed by atoms with Gasteiger partial charge in [0, 0.05) is 12.1 Å². The molecule has 0 saturated carbocycles. The average Bonchev–Trinajstić information content (AvgIpc) is 2.30. The minimum atomic E-state index is -0.631. The topological polar surface area (TPSA) is 108 Å². The molecule has 0 aliphatic rings. The van der Waals surface area contributed by atoms with E-state index in [1.165, 1.54) is 13.2 Å². The van der Waals surface area contributed by atoms with Crippen molar-refractivity contribution in [1.82, 2.24) is 5.32 Å². The number of nitrogens with one attached hydrogen (secondary N) is 1. The Kier molecular flexibility index (Phi) is 7.53. The summed E-state index contributed by atoms with van der Waals surface area (Å²) in [5.41, 5.74) is 5.09. The highest BCUT2D eigenvalue weighted by molar-refractivity contribution is 5.90. The Bertz CT molecular complexity index is 385. The number of amides is 1. The van der Waals surface area contributed by atoms with E-state index in [1.54, 1.807) is 20.8 Å². The predicted molar refractivity (Wildman–Crippen MR) is 72.6 cm³/mol. The fraction of sp³-hybridized carbons (Fsp3) is 0.615. The van der Waals surface area contributed by atoms with Crippen molar-refractivity contribution in [2.45, 2.75) is 38.8 Å². The van der Waals surface area contributed by atoms with Crippen LogP contribution in [-0.2, 0) is 23.9 Å². The van der Waals surface area contributed by atoms with Crippen LogP contribution in [0, 0.1) is 0 Å². The molecular weight excluding hydrogens is 264 g/mol. The van der Waals surface area contributed by atoms with Crippen LogP contribution >= 0.6 is 0 Å². The van der Waals surface area contributed by atoms with Crippen molar-refractivity contribution in [1.29, 1.82) is 0 Å². The quantitative estimate of drug-likeness (QED) is 0.521. The van der Waals surface area contributed by atoms with Gasteiger partial charge >= 0.3 is 11.9 Å². The lowest BCUT2D eigenvalue weighted by Gasteiger charge is -2.20. The van der Waals surface area contributed by atoms with E-state index in [9.17, 15) is 14.4 Å². The van der Waals surface area contributed by atoms with Crippen LogP contribution in [0.2, 0.25) is 0 Å². The fourth-order valence-corrected chi connectivity index (χ4v) is 1.15. The second kappa shape index (κ2) is 8.31. The van der Waals surface area contributed by atoms with Crippen LogP contribution < -0.4 is 11.1 Å². The highest BCUT2D eigenvalue weighted by Gasteiger charge is 2.17. The van der Waals surface area contributed by atoms with E-state index >= 15 is 0 Å². The van der Waals surface area contributed by atoms with Gasteiger partial charge in [0.2, 0.25) is 5.91 Å². The average molecular weight is 286 g/mol. The molecule has 0 aromatic rings. The van der Waals surface area contributed by atoms with Crippen molar-refractivity contribution in [3.63, 3.8) is 0 Å². The summed E-state index contributed by atoms with van der Waals surface area (Å²) < 4.78 is 9.46. The zero-order valence-electron chi connectivity index (χ0n) is 12.3. The van der Waals surface area contributed by atoms with Crippen molar-refractivity contribution in [3.05, 3.63) is 12.2 Å². The lowest BCUT2D eigenvalue weighted by Crippen LogP contribution is -2.30. The SMILES string of the molecule is COC(=O)CNC(=O)C=CC(N)CC(=O)OC(C)(C)C. The zero-order valence-corrected chi connectivity index (χ0v) is 12.3. The summed E-state index contributed by atoms with van der Waals surface area (Å²) in [4.78, 5) is 33.6. The lowest BCUT2D eigenvalue weighted by molar-refractivity contribution is -0.155. The molecular formula is C13H22N2O5. The molecule has 0 rings (SSSR count). The van der Waals surface area contributed by atoms with Crippen LogP contribution in [0.3, 0.4) is 0 Å². The molecule has 7 nitrogen and oxygen atoms in total. The Balaban J connectivity index is 4.09. The predicted octanol–water partition coefficient (Wildman–Crippen LogP) is -0.109. The molecule has 1 amide bonds. The van der Waals surface area contributed by atoms with Gasteiger partial charge in [-0.05, 0) is 20.8 Å². The third-order valence-corrected chi connectivity index (χ3v) is 1.95. The highest BCUT2D eigenvalue weighted by atomic mass is 16.6. The van der Waals surface area contributed by atoms with Crippen molar-refractivity contribution < 1.29 is 23.9 Å². The monoisotopic (exact) mass is 286 g/mol. The summed E-state index contributed by atoms with van der Waals surface area (Å²) in [6.07, 6.45) is 2.51. The van der Waals surface area contributed by atoms with Gasteiger partial charge in [-0.1, -0.05) is 6.08 Å². The van der Waals surface area contributed by atoms with Crippen molar-refractivity contribution in [2.24, 2.45) is 5.73 Å². The molecule has 3 N–H and O–H groups in total. The number of carbonyl (C=O) groups is 3. The molecule has 0 fully saturated rings. The Hall–Kier alpha value is -1.89. The number of nitrogens with two attached hydrogens (primary N) is 1. The summed E-state index contributed by atoms with van der Waals surface area (Å²) in [5, 5.41) is 2.31. The van der Waals surface area contributed by atoms with Gasteiger partial charge < -0.3 is 20.5 Å². The molecule has 0 radical (unpaired) electrons. The normalized spacial score (nSPS) is 12.8. The largest absolute Gasteiger partial charge is 0.468 e. The molecule has 1 unspecified atom stereocenters. The fourth-order valence-electron chi connectivity index (χ4n) is 1.15. The number of hydrogen-bond donors (Lipinski definition) is 2. The van der Waals surface area contributed by atoms with Gasteiger partial charge in [0.25, 0.3) is 0 Å². The van der Waals surface area contributed by atoms with Crippen molar-refractivity contribution in [2.75, 3.05) is 13.7 Å². The maximum atomic E-state index is 11.5. The van der Waals surface area contributed by atoms with E-state index in [0.717, 1.165) is 6.08 Å². The molecule has 20 heavy (non-hydrogen) atoms. The molecule has 0 bridgehead atoms. The molecule has 0 saturated heterocycles. The third kappa shape index (κ3) is 10.1. The standard InChI is InChI=1S/C13H22N2O5/c1-13(2,3)20-11(17)7-9(14)5-6-10(16)15-8-12(18)19-4/h5-6,9H,7-8,14H2,1-4H3,(H,15,16). The number of methoxy groups -OCH3 is 1. The maximum absolute atomic E-state index is 11.5. The molecule has 114 valence electrons. The second-order valence-corrected chi connectivity index (χ2v) is 5.11. The lowest BCUT2D eigenvalue weighted by atomic mass is 10.1. The summed E-state index contributed by atoms with van der Waals surface area (Å²) in [7, 11) is 1.22. The van der Waals surface area contributed by atoms with Crippen LogP contribution in [0.1, 0.15) is 27.2 Å². The van der Waals surface area contributed by atoms with Crippen LogP contribution in [0.4, 0.5) is 0 Å². The minimum Gasteiger partial charge on any atom is -0.468 e. The van der Waals surface area contributed by atoms with Gasteiger partial charge in [-0.15, -0.1) is 0 Å². The van der Waals surface area contributed by atoms with Gasteiger partial charge in [-0.3, -0.25) is 14.4 Å². The van der Waals surface area contributed by atoms with E-state index in [-0.39, 0.29) is 13.0 Å². The Labute approximate surface area is 118 Å². The van der Waals surface area contributed by atoms with Crippen LogP contribution in [0.5, 0.6) is 0 Å². The first kappa shape index (κ1) is 18.1. The van der Waals surface area contributed by atoms with Crippen LogP contribution in [0.25, 0.3) is 0 Å². The Morgan fingerprint density at radius 1 is 1.25 bits per heavy atom. The first-order chi connectivity index (χ1) is 9.14. The zero-order chi connectivity index (χ0) is 15.8. The summed E-state index contributed by atoms with van der Waals surface area (Å²) in [6.45, 7) is 5.05. The number of esters is 2. The Morgan fingerprint density at radius 2 is 1.85 bits per heavy atom. The van der Waals surface area contributed by atoms with Crippen molar-refractivity contribution in [3.8, 4) is 0 Å². The first-order valence-corrected chi connectivity index (χ1v) is 6.14. The summed E-state index contributed by atoms with van der Waals surface area (Å²) in [6, 6.07) is -0.631. The second-order valence-electron chi connectivity index (χ2n) is 5.11. The number of hydrogen-bond acceptors (Lipinski definition) is 6. The number of carbonyl (C=O) groups excluding carboxylic acids is 3. The highest BCUT2D eigenvalue weighted by Crippen LogP contribution is 2.09. The number of ether oxygens (including phenoxy) is 2. The van der Waals surface area contributed by atoms with E-state index in [1.807, 2.05) is 0 Å². The van der Waals surface area contributed by atoms with Gasteiger partial charge in [0.05, 0.1) is 13.5 Å².